The number of carbonyl (C=O) groups is 1. The molecule has 3 rings (SSSR count). The predicted molar refractivity (Wildman–Crippen MR) is 83.8 cm³/mol. The Balaban J connectivity index is 1.45. The lowest BCUT2D eigenvalue weighted by molar-refractivity contribution is -0.0600. The Morgan fingerprint density at radius 3 is 2.32 bits per heavy atom. The van der Waals surface area contributed by atoms with Gasteiger partial charge in [-0.1, -0.05) is 30.3 Å². The summed E-state index contributed by atoms with van der Waals surface area (Å²) in [7, 11) is 0. The number of ether oxygens (including phenoxy) is 1. The molecule has 1 saturated heterocycles. The third kappa shape index (κ3) is 3.59. The second-order valence-corrected chi connectivity index (χ2v) is 6.52. The second kappa shape index (κ2) is 6.26. The maximum Gasteiger partial charge on any atom is 0.314 e. The van der Waals surface area contributed by atoms with Crippen LogP contribution >= 0.6 is 0 Å². The maximum absolute atomic E-state index is 12.0. The van der Waals surface area contributed by atoms with Crippen LogP contribution in [0.25, 0.3) is 0 Å². The van der Waals surface area contributed by atoms with Crippen LogP contribution in [0.3, 0.4) is 0 Å². The summed E-state index contributed by atoms with van der Waals surface area (Å²) in [6.45, 7) is 2.03. The Kier molecular flexibility index (Phi) is 4.36. The molecule has 5 heteroatoms. The molecule has 0 aromatic heterocycles. The molecule has 0 atom stereocenters. The van der Waals surface area contributed by atoms with Crippen LogP contribution in [0.5, 0.6) is 0 Å². The third-order valence-corrected chi connectivity index (χ3v) is 4.83. The molecule has 1 saturated carbocycles. The van der Waals surface area contributed by atoms with Crippen LogP contribution in [0.4, 0.5) is 4.79 Å². The Morgan fingerprint density at radius 1 is 1.05 bits per heavy atom. The van der Waals surface area contributed by atoms with E-state index in [2.05, 4.69) is 22.8 Å². The number of hydrogen-bond acceptors (Lipinski definition) is 3. The summed E-state index contributed by atoms with van der Waals surface area (Å²) in [5.41, 5.74) is 0.568. The van der Waals surface area contributed by atoms with Gasteiger partial charge in [-0.15, -0.1) is 0 Å². The van der Waals surface area contributed by atoms with Crippen LogP contribution in [0.2, 0.25) is 0 Å². The summed E-state index contributed by atoms with van der Waals surface area (Å²) < 4.78 is 5.23. The van der Waals surface area contributed by atoms with Crippen LogP contribution in [-0.2, 0) is 10.2 Å². The zero-order chi connectivity index (χ0) is 15.5. The van der Waals surface area contributed by atoms with E-state index < -0.39 is 5.60 Å². The first-order chi connectivity index (χ1) is 10.6. The van der Waals surface area contributed by atoms with Gasteiger partial charge in [-0.2, -0.15) is 0 Å². The minimum atomic E-state index is -0.827. The number of hydrogen-bond donors (Lipinski definition) is 3. The summed E-state index contributed by atoms with van der Waals surface area (Å²) in [6.07, 6.45) is 3.36. The minimum Gasteiger partial charge on any atom is -0.388 e. The van der Waals surface area contributed by atoms with Gasteiger partial charge in [0.2, 0.25) is 0 Å². The lowest BCUT2D eigenvalue weighted by Crippen LogP contribution is -2.49. The SMILES string of the molecule is O=C(NCC1(O)CCOCC1)NCC1(c2ccccc2)CC1. The zero-order valence-electron chi connectivity index (χ0n) is 12.8. The average molecular weight is 304 g/mol. The van der Waals surface area contributed by atoms with E-state index in [0.29, 0.717) is 32.6 Å². The van der Waals surface area contributed by atoms with Gasteiger partial charge in [0.05, 0.1) is 5.60 Å². The van der Waals surface area contributed by atoms with Crippen molar-refractivity contribution in [3.05, 3.63) is 35.9 Å². The molecule has 5 nitrogen and oxygen atoms in total. The van der Waals surface area contributed by atoms with Gasteiger partial charge in [-0.3, -0.25) is 0 Å². The van der Waals surface area contributed by atoms with Crippen LogP contribution in [0.1, 0.15) is 31.2 Å². The fourth-order valence-corrected chi connectivity index (χ4v) is 3.00. The number of aliphatic hydroxyl groups is 1. The average Bonchev–Trinajstić information content (AvgIpc) is 3.34. The molecule has 3 N–H and O–H groups in total. The van der Waals surface area contributed by atoms with Gasteiger partial charge in [0.15, 0.2) is 0 Å². The molecule has 1 heterocycles. The van der Waals surface area contributed by atoms with Crippen molar-refractivity contribution in [3.63, 3.8) is 0 Å². The van der Waals surface area contributed by atoms with Gasteiger partial charge >= 0.3 is 6.03 Å². The van der Waals surface area contributed by atoms with E-state index >= 15 is 0 Å². The quantitative estimate of drug-likeness (QED) is 0.773. The molecule has 2 aliphatic rings. The van der Waals surface area contributed by atoms with Crippen molar-refractivity contribution in [2.24, 2.45) is 0 Å². The second-order valence-electron chi connectivity index (χ2n) is 6.52. The normalized spacial score (nSPS) is 21.9. The van der Waals surface area contributed by atoms with Crippen LogP contribution in [0.15, 0.2) is 30.3 Å². The van der Waals surface area contributed by atoms with Gasteiger partial charge in [0.1, 0.15) is 0 Å². The van der Waals surface area contributed by atoms with Gasteiger partial charge in [-0.25, -0.2) is 4.79 Å². The lowest BCUT2D eigenvalue weighted by atomic mass is 9.94. The fraction of sp³-hybridized carbons (Fsp3) is 0.588. The molecular weight excluding hydrogens is 280 g/mol. The molecule has 2 fully saturated rings. The summed E-state index contributed by atoms with van der Waals surface area (Å²) in [4.78, 5) is 12.0. The van der Waals surface area contributed by atoms with Crippen molar-refractivity contribution in [1.82, 2.24) is 10.6 Å². The Bertz CT molecular complexity index is 508. The predicted octanol–water partition coefficient (Wildman–Crippen LogP) is 1.56. The first-order valence-corrected chi connectivity index (χ1v) is 7.99. The highest BCUT2D eigenvalue weighted by molar-refractivity contribution is 5.74. The first kappa shape index (κ1) is 15.3. The summed E-state index contributed by atoms with van der Waals surface area (Å²) in [6, 6.07) is 10.1. The molecule has 0 spiro atoms. The fourth-order valence-electron chi connectivity index (χ4n) is 3.00. The molecule has 120 valence electrons. The van der Waals surface area contributed by atoms with Crippen molar-refractivity contribution in [1.29, 1.82) is 0 Å². The smallest absolute Gasteiger partial charge is 0.314 e. The highest BCUT2D eigenvalue weighted by atomic mass is 16.5. The monoisotopic (exact) mass is 304 g/mol. The highest BCUT2D eigenvalue weighted by Gasteiger charge is 2.44. The Hall–Kier alpha value is -1.59. The number of carbonyl (C=O) groups excluding carboxylic acids is 1. The van der Waals surface area contributed by atoms with Gasteiger partial charge < -0.3 is 20.5 Å². The first-order valence-electron chi connectivity index (χ1n) is 7.99. The Morgan fingerprint density at radius 2 is 1.68 bits per heavy atom. The van der Waals surface area contributed by atoms with Gasteiger partial charge in [0, 0.05) is 44.6 Å². The largest absolute Gasteiger partial charge is 0.388 e. The van der Waals surface area contributed by atoms with E-state index in [0.717, 1.165) is 12.8 Å². The van der Waals surface area contributed by atoms with Crippen LogP contribution in [0, 0.1) is 0 Å². The molecule has 1 aliphatic carbocycles. The van der Waals surface area contributed by atoms with Crippen LogP contribution < -0.4 is 10.6 Å². The van der Waals surface area contributed by atoms with Crippen LogP contribution in [-0.4, -0.2) is 43.0 Å². The zero-order valence-corrected chi connectivity index (χ0v) is 12.8. The van der Waals surface area contributed by atoms with Crippen molar-refractivity contribution in [2.45, 2.75) is 36.7 Å². The molecule has 22 heavy (non-hydrogen) atoms. The standard InChI is InChI=1S/C17H24N2O3/c20-15(19-13-17(21)8-10-22-11-9-17)18-12-16(6-7-16)14-4-2-1-3-5-14/h1-5,21H,6-13H2,(H2,18,19,20). The molecule has 0 unspecified atom stereocenters. The van der Waals surface area contributed by atoms with E-state index in [-0.39, 0.29) is 18.0 Å². The molecule has 1 aliphatic heterocycles. The van der Waals surface area contributed by atoms with E-state index in [1.54, 1.807) is 0 Å². The molecule has 0 bridgehead atoms. The van der Waals surface area contributed by atoms with E-state index in [1.807, 2.05) is 18.2 Å². The number of nitrogens with one attached hydrogen (secondary N) is 2. The molecule has 1 aromatic rings. The van der Waals surface area contributed by atoms with Crippen molar-refractivity contribution in [2.75, 3.05) is 26.3 Å². The lowest BCUT2D eigenvalue weighted by Gasteiger charge is -2.32. The van der Waals surface area contributed by atoms with E-state index in [9.17, 15) is 9.90 Å². The molecule has 2 amide bonds. The minimum absolute atomic E-state index is 0.105. The number of benzene rings is 1. The van der Waals surface area contributed by atoms with Gasteiger partial charge in [0.25, 0.3) is 0 Å². The van der Waals surface area contributed by atoms with Gasteiger partial charge in [-0.05, 0) is 18.4 Å². The van der Waals surface area contributed by atoms with Crippen molar-refractivity contribution in [3.8, 4) is 0 Å². The Labute approximate surface area is 131 Å². The summed E-state index contributed by atoms with van der Waals surface area (Å²) in [5.74, 6) is 0. The van der Waals surface area contributed by atoms with Crippen molar-refractivity contribution >= 4 is 6.03 Å². The number of amides is 2. The third-order valence-electron chi connectivity index (χ3n) is 4.83. The summed E-state index contributed by atoms with van der Waals surface area (Å²) >= 11 is 0. The number of urea groups is 1. The van der Waals surface area contributed by atoms with E-state index in [4.69, 9.17) is 4.74 Å². The molecule has 0 radical (unpaired) electrons. The molecule has 1 aromatic carbocycles. The number of rotatable bonds is 5. The van der Waals surface area contributed by atoms with Crippen molar-refractivity contribution < 1.29 is 14.6 Å². The van der Waals surface area contributed by atoms with E-state index in [1.165, 1.54) is 5.56 Å². The molecular formula is C17H24N2O3. The highest BCUT2D eigenvalue weighted by Crippen LogP contribution is 2.47. The summed E-state index contributed by atoms with van der Waals surface area (Å²) in [5, 5.41) is 16.1. The topological polar surface area (TPSA) is 70.6 Å². The maximum atomic E-state index is 12.0.